The van der Waals surface area contributed by atoms with Gasteiger partial charge in [-0.2, -0.15) is 0 Å². The standard InChI is InChI=1S/C22H20FN3O3S2/c1-4-9-26-19(28)22(31-20(26)30)15(17-6-5-10-29-17)12-24(2)21(22)14-11-13(23)7-8-16(14)25(3)18(21)27/h4-8,10-11,15H,1,9,12H2,2-3H3/t15-,21-,22-/m1/s1. The topological polar surface area (TPSA) is 57.0 Å². The summed E-state index contributed by atoms with van der Waals surface area (Å²) in [7, 11) is 3.45. The highest BCUT2D eigenvalue weighted by molar-refractivity contribution is 8.25. The number of rotatable bonds is 3. The van der Waals surface area contributed by atoms with Crippen molar-refractivity contribution in [3.05, 3.63) is 66.4 Å². The van der Waals surface area contributed by atoms with Crippen molar-refractivity contribution >= 4 is 45.8 Å². The molecule has 160 valence electrons. The van der Waals surface area contributed by atoms with Crippen molar-refractivity contribution in [2.45, 2.75) is 16.2 Å². The molecule has 0 bridgehead atoms. The van der Waals surface area contributed by atoms with Crippen LogP contribution in [0.2, 0.25) is 0 Å². The lowest BCUT2D eigenvalue weighted by Gasteiger charge is -2.41. The predicted molar refractivity (Wildman–Crippen MR) is 120 cm³/mol. The van der Waals surface area contributed by atoms with Gasteiger partial charge in [-0.15, -0.1) is 6.58 Å². The third-order valence-corrected chi connectivity index (χ3v) is 8.55. The number of carbonyl (C=O) groups excluding carboxylic acids is 2. The van der Waals surface area contributed by atoms with Gasteiger partial charge in [0.1, 0.15) is 20.6 Å². The Morgan fingerprint density at radius 2 is 2.10 bits per heavy atom. The SMILES string of the molecule is C=CCN1C(=O)[C@]2(SC1=S)[C@@H](c1ccco1)CN(C)[C@]21C(=O)N(C)c2ccc(F)cc21. The fourth-order valence-electron chi connectivity index (χ4n) is 5.40. The molecule has 3 atom stereocenters. The summed E-state index contributed by atoms with van der Waals surface area (Å²) in [6.45, 7) is 4.34. The number of benzene rings is 1. The normalized spacial score (nSPS) is 30.3. The van der Waals surface area contributed by atoms with E-state index in [1.165, 1.54) is 33.7 Å². The largest absolute Gasteiger partial charge is 0.469 e. The summed E-state index contributed by atoms with van der Waals surface area (Å²) in [4.78, 5) is 33.0. The number of hydrogen-bond donors (Lipinski definition) is 0. The Morgan fingerprint density at radius 1 is 1.32 bits per heavy atom. The molecule has 2 amide bonds. The molecule has 2 aromatic rings. The zero-order valence-electron chi connectivity index (χ0n) is 17.0. The number of nitrogens with zero attached hydrogens (tertiary/aromatic N) is 3. The van der Waals surface area contributed by atoms with E-state index < -0.39 is 22.0 Å². The molecule has 0 saturated carbocycles. The third-order valence-electron chi connectivity index (χ3n) is 6.61. The second kappa shape index (κ2) is 6.75. The number of likely N-dealkylation sites (tertiary alicyclic amines) is 1. The maximum absolute atomic E-state index is 14.5. The van der Waals surface area contributed by atoms with Crippen molar-refractivity contribution in [1.82, 2.24) is 9.80 Å². The summed E-state index contributed by atoms with van der Waals surface area (Å²) in [5.41, 5.74) is -0.377. The van der Waals surface area contributed by atoms with Crippen LogP contribution in [0.1, 0.15) is 17.2 Å². The molecule has 1 aromatic heterocycles. The first-order valence-corrected chi connectivity index (χ1v) is 11.0. The van der Waals surface area contributed by atoms with Gasteiger partial charge in [-0.1, -0.05) is 30.1 Å². The van der Waals surface area contributed by atoms with E-state index in [4.69, 9.17) is 16.6 Å². The molecule has 5 rings (SSSR count). The quantitative estimate of drug-likeness (QED) is 0.522. The number of likely N-dealkylation sites (N-methyl/N-ethyl adjacent to an activating group) is 2. The molecular formula is C22H20FN3O3S2. The Bertz CT molecular complexity index is 1140. The molecule has 9 heteroatoms. The Balaban J connectivity index is 1.85. The monoisotopic (exact) mass is 457 g/mol. The number of anilines is 1. The lowest BCUT2D eigenvalue weighted by atomic mass is 9.73. The number of hydrogen-bond acceptors (Lipinski definition) is 6. The third kappa shape index (κ3) is 2.29. The molecule has 0 unspecified atom stereocenters. The van der Waals surface area contributed by atoms with E-state index >= 15 is 0 Å². The fourth-order valence-corrected chi connectivity index (χ4v) is 7.52. The molecule has 2 spiro atoms. The summed E-state index contributed by atoms with van der Waals surface area (Å²) in [5, 5.41) is 0. The van der Waals surface area contributed by atoms with Gasteiger partial charge in [0.05, 0.1) is 12.2 Å². The Hall–Kier alpha value is -2.49. The first-order valence-electron chi connectivity index (χ1n) is 9.79. The molecule has 2 saturated heterocycles. The summed E-state index contributed by atoms with van der Waals surface area (Å²) in [5.74, 6) is -0.912. The van der Waals surface area contributed by atoms with Crippen LogP contribution in [-0.4, -0.2) is 57.9 Å². The number of fused-ring (bicyclic) bond motifs is 3. The number of halogens is 1. The van der Waals surface area contributed by atoms with E-state index in [2.05, 4.69) is 6.58 Å². The number of thioether (sulfide) groups is 1. The van der Waals surface area contributed by atoms with E-state index in [1.54, 1.807) is 38.6 Å². The summed E-state index contributed by atoms with van der Waals surface area (Å²) in [6, 6.07) is 7.84. The molecule has 1 aromatic carbocycles. The van der Waals surface area contributed by atoms with E-state index in [-0.39, 0.29) is 18.4 Å². The molecule has 4 heterocycles. The van der Waals surface area contributed by atoms with Crippen LogP contribution in [-0.2, 0) is 15.1 Å². The molecule has 0 N–H and O–H groups in total. The summed E-state index contributed by atoms with van der Waals surface area (Å²) < 4.78 is 19.3. The maximum atomic E-state index is 14.5. The van der Waals surface area contributed by atoms with Crippen LogP contribution in [0, 0.1) is 5.82 Å². The van der Waals surface area contributed by atoms with E-state index in [0.717, 1.165) is 0 Å². The molecule has 3 aliphatic rings. The molecule has 0 aliphatic carbocycles. The zero-order valence-corrected chi connectivity index (χ0v) is 18.6. The van der Waals surface area contributed by atoms with Crippen molar-refractivity contribution in [1.29, 1.82) is 0 Å². The van der Waals surface area contributed by atoms with Gasteiger partial charge in [0, 0.05) is 31.4 Å². The van der Waals surface area contributed by atoms with Crippen LogP contribution in [0.5, 0.6) is 0 Å². The number of carbonyl (C=O) groups is 2. The first-order chi connectivity index (χ1) is 14.8. The van der Waals surface area contributed by atoms with Gasteiger partial charge >= 0.3 is 0 Å². The average molecular weight is 458 g/mol. The van der Waals surface area contributed by atoms with Crippen LogP contribution >= 0.6 is 24.0 Å². The predicted octanol–water partition coefficient (Wildman–Crippen LogP) is 3.10. The molecule has 31 heavy (non-hydrogen) atoms. The number of furan rings is 1. The minimum absolute atomic E-state index is 0.233. The highest BCUT2D eigenvalue weighted by Crippen LogP contribution is 2.66. The van der Waals surface area contributed by atoms with Gasteiger partial charge in [-0.25, -0.2) is 4.39 Å². The Labute approximate surface area is 188 Å². The van der Waals surface area contributed by atoms with Crippen LogP contribution in [0.3, 0.4) is 0 Å². The lowest BCUT2D eigenvalue weighted by Crippen LogP contribution is -2.62. The van der Waals surface area contributed by atoms with E-state index in [0.29, 0.717) is 27.9 Å². The van der Waals surface area contributed by atoms with Crippen LogP contribution in [0.25, 0.3) is 0 Å². The van der Waals surface area contributed by atoms with Crippen molar-refractivity contribution in [3.8, 4) is 0 Å². The Morgan fingerprint density at radius 3 is 2.77 bits per heavy atom. The van der Waals surface area contributed by atoms with E-state index in [1.807, 2.05) is 11.0 Å². The summed E-state index contributed by atoms with van der Waals surface area (Å²) in [6.07, 6.45) is 3.15. The van der Waals surface area contributed by atoms with Crippen molar-refractivity contribution in [2.75, 3.05) is 32.1 Å². The molecular weight excluding hydrogens is 437 g/mol. The van der Waals surface area contributed by atoms with Gasteiger partial charge < -0.3 is 9.32 Å². The smallest absolute Gasteiger partial charge is 0.254 e. The summed E-state index contributed by atoms with van der Waals surface area (Å²) >= 11 is 6.80. The van der Waals surface area contributed by atoms with Gasteiger partial charge in [-0.3, -0.25) is 19.4 Å². The van der Waals surface area contributed by atoms with Gasteiger partial charge in [0.25, 0.3) is 5.91 Å². The van der Waals surface area contributed by atoms with Crippen LogP contribution < -0.4 is 4.90 Å². The highest BCUT2D eigenvalue weighted by atomic mass is 32.2. The molecule has 2 fully saturated rings. The maximum Gasteiger partial charge on any atom is 0.254 e. The zero-order chi connectivity index (χ0) is 22.1. The van der Waals surface area contributed by atoms with Crippen LogP contribution in [0.4, 0.5) is 10.1 Å². The van der Waals surface area contributed by atoms with Crippen molar-refractivity contribution < 1.29 is 18.4 Å². The van der Waals surface area contributed by atoms with Gasteiger partial charge in [-0.05, 0) is 37.4 Å². The second-order valence-electron chi connectivity index (χ2n) is 7.99. The average Bonchev–Trinajstić information content (AvgIpc) is 3.45. The lowest BCUT2D eigenvalue weighted by molar-refractivity contribution is -0.138. The van der Waals surface area contributed by atoms with Crippen LogP contribution in [0.15, 0.2) is 53.7 Å². The molecule has 6 nitrogen and oxygen atoms in total. The van der Waals surface area contributed by atoms with Gasteiger partial charge in [0.15, 0.2) is 5.54 Å². The fraction of sp³-hybridized carbons (Fsp3) is 0.318. The minimum atomic E-state index is -1.43. The van der Waals surface area contributed by atoms with Crippen molar-refractivity contribution in [2.24, 2.45) is 0 Å². The first kappa shape index (κ1) is 20.4. The Kier molecular flexibility index (Phi) is 4.45. The van der Waals surface area contributed by atoms with Gasteiger partial charge in [0.2, 0.25) is 5.91 Å². The van der Waals surface area contributed by atoms with E-state index in [9.17, 15) is 14.0 Å². The second-order valence-corrected chi connectivity index (χ2v) is 9.87. The number of amides is 2. The number of thiocarbonyl (C=S) groups is 1. The minimum Gasteiger partial charge on any atom is -0.469 e. The van der Waals surface area contributed by atoms with Crippen molar-refractivity contribution in [3.63, 3.8) is 0 Å². The highest BCUT2D eigenvalue weighted by Gasteiger charge is 2.79. The molecule has 0 radical (unpaired) electrons. The molecule has 3 aliphatic heterocycles.